The zero-order chi connectivity index (χ0) is 24.6. The van der Waals surface area contributed by atoms with E-state index in [1.807, 2.05) is 6.92 Å². The number of nitrogens with one attached hydrogen (secondary N) is 2. The van der Waals surface area contributed by atoms with Gasteiger partial charge in [0.2, 0.25) is 0 Å². The zero-order valence-electron chi connectivity index (χ0n) is 17.5. The lowest BCUT2D eigenvalue weighted by Crippen LogP contribution is -2.32. The molecule has 0 spiro atoms. The van der Waals surface area contributed by atoms with Gasteiger partial charge in [0.25, 0.3) is 17.7 Å². The van der Waals surface area contributed by atoms with E-state index >= 15 is 0 Å². The Morgan fingerprint density at radius 1 is 0.824 bits per heavy atom. The molecule has 2 N–H and O–H groups in total. The van der Waals surface area contributed by atoms with E-state index in [1.54, 1.807) is 36.4 Å². The number of amides is 3. The van der Waals surface area contributed by atoms with E-state index < -0.39 is 11.8 Å². The molecule has 0 fully saturated rings. The molecule has 0 bridgehead atoms. The summed E-state index contributed by atoms with van der Waals surface area (Å²) in [6.07, 6.45) is 0. The second-order valence-electron chi connectivity index (χ2n) is 7.35. The molecular formula is C24H15Cl4N3O3. The van der Waals surface area contributed by atoms with E-state index in [1.165, 1.54) is 24.3 Å². The van der Waals surface area contributed by atoms with Crippen LogP contribution < -0.4 is 15.5 Å². The second-order valence-corrected chi connectivity index (χ2v) is 8.98. The van der Waals surface area contributed by atoms with Gasteiger partial charge in [-0.2, -0.15) is 0 Å². The number of hydrogen-bond donors (Lipinski definition) is 2. The minimum Gasteiger partial charge on any atom is -0.350 e. The number of rotatable bonds is 5. The Kier molecular flexibility index (Phi) is 6.86. The summed E-state index contributed by atoms with van der Waals surface area (Å²) in [5.41, 5.74) is 2.08. The molecule has 1 heterocycles. The number of carbonyl (C=O) groups excluding carboxylic acids is 3. The highest BCUT2D eigenvalue weighted by molar-refractivity contribution is 6.54. The van der Waals surface area contributed by atoms with Crippen LogP contribution in [0, 0.1) is 6.92 Å². The van der Waals surface area contributed by atoms with Crippen molar-refractivity contribution in [3.63, 3.8) is 0 Å². The minimum atomic E-state index is -0.747. The Balaban J connectivity index is 1.56. The number of aryl methyl sites for hydroxylation is 1. The van der Waals surface area contributed by atoms with Crippen LogP contribution in [0.4, 0.5) is 17.1 Å². The minimum absolute atomic E-state index is 0.115. The highest BCUT2D eigenvalue weighted by Crippen LogP contribution is 2.36. The van der Waals surface area contributed by atoms with Gasteiger partial charge >= 0.3 is 0 Å². The molecule has 0 radical (unpaired) electrons. The van der Waals surface area contributed by atoms with Crippen LogP contribution in [-0.2, 0) is 9.59 Å². The topological polar surface area (TPSA) is 78.5 Å². The van der Waals surface area contributed by atoms with Gasteiger partial charge in [-0.3, -0.25) is 14.4 Å². The van der Waals surface area contributed by atoms with Crippen molar-refractivity contribution < 1.29 is 14.4 Å². The Bertz CT molecular complexity index is 1390. The van der Waals surface area contributed by atoms with E-state index in [0.29, 0.717) is 27.0 Å². The first-order valence-corrected chi connectivity index (χ1v) is 11.3. The van der Waals surface area contributed by atoms with Crippen molar-refractivity contribution in [3.8, 4) is 0 Å². The first kappa shape index (κ1) is 24.1. The van der Waals surface area contributed by atoms with Crippen molar-refractivity contribution in [2.24, 2.45) is 0 Å². The molecule has 3 amide bonds. The van der Waals surface area contributed by atoms with Crippen LogP contribution in [0.3, 0.4) is 0 Å². The molecule has 34 heavy (non-hydrogen) atoms. The lowest BCUT2D eigenvalue weighted by atomic mass is 10.1. The molecule has 0 aliphatic carbocycles. The molecule has 172 valence electrons. The highest BCUT2D eigenvalue weighted by Gasteiger charge is 2.40. The standard InChI is InChI=1S/C24H15Cl4N3O3/c1-12-5-7-16(11-18(12)27)30-22(32)13-3-2-4-15(9-13)29-21-20(28)23(33)31(24(21)34)19-10-14(25)6-8-17(19)26/h2-11,29H,1H3,(H,30,32). The molecule has 3 aromatic carbocycles. The Morgan fingerprint density at radius 3 is 2.32 bits per heavy atom. The van der Waals surface area contributed by atoms with Crippen LogP contribution in [-0.4, -0.2) is 17.7 Å². The van der Waals surface area contributed by atoms with Gasteiger partial charge in [0.15, 0.2) is 0 Å². The lowest BCUT2D eigenvalue weighted by Gasteiger charge is -2.17. The average Bonchev–Trinajstić information content (AvgIpc) is 3.01. The van der Waals surface area contributed by atoms with Gasteiger partial charge in [-0.05, 0) is 61.0 Å². The third-order valence-electron chi connectivity index (χ3n) is 5.00. The fourth-order valence-corrected chi connectivity index (χ4v) is 4.01. The van der Waals surface area contributed by atoms with E-state index in [9.17, 15) is 14.4 Å². The summed E-state index contributed by atoms with van der Waals surface area (Å²) in [6, 6.07) is 16.0. The van der Waals surface area contributed by atoms with Gasteiger partial charge in [0.05, 0.1) is 10.7 Å². The zero-order valence-corrected chi connectivity index (χ0v) is 20.5. The van der Waals surface area contributed by atoms with Crippen LogP contribution in [0.15, 0.2) is 71.4 Å². The fourth-order valence-electron chi connectivity index (χ4n) is 3.24. The van der Waals surface area contributed by atoms with Gasteiger partial charge < -0.3 is 10.6 Å². The highest BCUT2D eigenvalue weighted by atomic mass is 35.5. The molecule has 3 aromatic rings. The van der Waals surface area contributed by atoms with Crippen LogP contribution in [0.1, 0.15) is 15.9 Å². The number of halogens is 4. The number of anilines is 3. The number of benzene rings is 3. The molecule has 0 unspecified atom stereocenters. The number of nitrogens with zero attached hydrogens (tertiary/aromatic N) is 1. The molecule has 0 saturated heterocycles. The van der Waals surface area contributed by atoms with Crippen molar-refractivity contribution in [1.29, 1.82) is 0 Å². The van der Waals surface area contributed by atoms with E-state index in [2.05, 4.69) is 10.6 Å². The molecule has 0 atom stereocenters. The summed E-state index contributed by atoms with van der Waals surface area (Å²) in [5.74, 6) is -1.84. The maximum atomic E-state index is 13.0. The molecule has 1 aliphatic rings. The van der Waals surface area contributed by atoms with E-state index in [0.717, 1.165) is 10.5 Å². The van der Waals surface area contributed by atoms with Gasteiger partial charge in [0, 0.05) is 27.0 Å². The molecule has 6 nitrogen and oxygen atoms in total. The maximum absolute atomic E-state index is 13.0. The Hall–Kier alpha value is -3.03. The molecular weight excluding hydrogens is 520 g/mol. The third-order valence-corrected chi connectivity index (χ3v) is 6.31. The van der Waals surface area contributed by atoms with Crippen molar-refractivity contribution in [2.75, 3.05) is 15.5 Å². The Morgan fingerprint density at radius 2 is 1.59 bits per heavy atom. The summed E-state index contributed by atoms with van der Waals surface area (Å²) in [7, 11) is 0. The van der Waals surface area contributed by atoms with Crippen molar-refractivity contribution >= 4 is 81.2 Å². The summed E-state index contributed by atoms with van der Waals surface area (Å²) in [6.45, 7) is 1.86. The monoisotopic (exact) mass is 533 g/mol. The van der Waals surface area contributed by atoms with Gasteiger partial charge in [-0.15, -0.1) is 0 Å². The number of imide groups is 1. The first-order chi connectivity index (χ1) is 16.2. The average molecular weight is 535 g/mol. The molecule has 4 rings (SSSR count). The third kappa shape index (κ3) is 4.76. The summed E-state index contributed by atoms with van der Waals surface area (Å²) < 4.78 is 0. The summed E-state index contributed by atoms with van der Waals surface area (Å²) in [5, 5.41) is 6.28. The fraction of sp³-hybridized carbons (Fsp3) is 0.0417. The van der Waals surface area contributed by atoms with Crippen molar-refractivity contribution in [2.45, 2.75) is 6.92 Å². The molecule has 10 heteroatoms. The van der Waals surface area contributed by atoms with Crippen molar-refractivity contribution in [3.05, 3.63) is 97.6 Å². The predicted molar refractivity (Wildman–Crippen MR) is 136 cm³/mol. The van der Waals surface area contributed by atoms with E-state index in [-0.39, 0.29) is 27.3 Å². The molecule has 1 aliphatic heterocycles. The maximum Gasteiger partial charge on any atom is 0.283 e. The molecule has 0 saturated carbocycles. The smallest absolute Gasteiger partial charge is 0.283 e. The summed E-state index contributed by atoms with van der Waals surface area (Å²) in [4.78, 5) is 39.3. The largest absolute Gasteiger partial charge is 0.350 e. The lowest BCUT2D eigenvalue weighted by molar-refractivity contribution is -0.120. The quantitative estimate of drug-likeness (QED) is 0.359. The number of hydrogen-bond acceptors (Lipinski definition) is 4. The Labute approximate surface area is 215 Å². The predicted octanol–water partition coefficient (Wildman–Crippen LogP) is 6.64. The van der Waals surface area contributed by atoms with Gasteiger partial charge in [0.1, 0.15) is 10.7 Å². The SMILES string of the molecule is Cc1ccc(NC(=O)c2cccc(NC3=C(Cl)C(=O)N(c4cc(Cl)ccc4Cl)C3=O)c2)cc1Cl. The van der Waals surface area contributed by atoms with E-state index in [4.69, 9.17) is 46.4 Å². The van der Waals surface area contributed by atoms with Crippen molar-refractivity contribution in [1.82, 2.24) is 0 Å². The second kappa shape index (κ2) is 9.68. The van der Waals surface area contributed by atoms with Crippen LogP contribution >= 0.6 is 46.4 Å². The van der Waals surface area contributed by atoms with Crippen LogP contribution in [0.25, 0.3) is 0 Å². The first-order valence-electron chi connectivity index (χ1n) is 9.84. The summed E-state index contributed by atoms with van der Waals surface area (Å²) >= 11 is 24.5. The number of carbonyl (C=O) groups is 3. The normalized spacial score (nSPS) is 13.5. The van der Waals surface area contributed by atoms with Crippen LogP contribution in [0.5, 0.6) is 0 Å². The van der Waals surface area contributed by atoms with Gasteiger partial charge in [-0.25, -0.2) is 4.90 Å². The molecule has 0 aromatic heterocycles. The van der Waals surface area contributed by atoms with Gasteiger partial charge in [-0.1, -0.05) is 58.5 Å². The van der Waals surface area contributed by atoms with Crippen LogP contribution in [0.2, 0.25) is 15.1 Å².